The smallest absolute Gasteiger partial charge is 0.326 e. The standard InChI is InChI=1S/C19H16N2O5/c22-18-11-7-14-12-15(21(25)26)8-10-16(14)20(18)17(19(23)24)9-6-13-4-2-1-3-5-13/h1-5,7-8,10-12,17H,6,9H2,(H,23,24). The average molecular weight is 352 g/mol. The molecule has 1 unspecified atom stereocenters. The lowest BCUT2D eigenvalue weighted by Gasteiger charge is -2.18. The highest BCUT2D eigenvalue weighted by molar-refractivity contribution is 5.83. The predicted octanol–water partition coefficient (Wildman–Crippen LogP) is 3.17. The van der Waals surface area contributed by atoms with Crippen molar-refractivity contribution in [1.29, 1.82) is 0 Å². The van der Waals surface area contributed by atoms with Crippen molar-refractivity contribution < 1.29 is 14.8 Å². The van der Waals surface area contributed by atoms with Gasteiger partial charge in [-0.25, -0.2) is 4.79 Å². The number of aromatic nitrogens is 1. The Balaban J connectivity index is 2.04. The van der Waals surface area contributed by atoms with Gasteiger partial charge in [0, 0.05) is 23.6 Å². The van der Waals surface area contributed by atoms with Gasteiger partial charge in [0.2, 0.25) is 0 Å². The number of fused-ring (bicyclic) bond motifs is 1. The monoisotopic (exact) mass is 352 g/mol. The Kier molecular flexibility index (Phi) is 4.79. The summed E-state index contributed by atoms with van der Waals surface area (Å²) in [4.78, 5) is 34.6. The third kappa shape index (κ3) is 3.46. The number of rotatable bonds is 6. The Morgan fingerprint density at radius 1 is 1.12 bits per heavy atom. The van der Waals surface area contributed by atoms with Crippen molar-refractivity contribution in [2.24, 2.45) is 0 Å². The Bertz CT molecular complexity index is 1030. The van der Waals surface area contributed by atoms with Crippen LogP contribution >= 0.6 is 0 Å². The summed E-state index contributed by atoms with van der Waals surface area (Å²) in [5.41, 5.74) is 0.775. The van der Waals surface area contributed by atoms with E-state index < -0.39 is 22.5 Å². The molecule has 2 aromatic carbocycles. The first kappa shape index (κ1) is 17.3. The molecular formula is C19H16N2O5. The fourth-order valence-corrected chi connectivity index (χ4v) is 3.00. The number of carboxylic acids is 1. The molecule has 0 aliphatic heterocycles. The zero-order valence-electron chi connectivity index (χ0n) is 13.7. The van der Waals surface area contributed by atoms with Crippen LogP contribution in [0.5, 0.6) is 0 Å². The molecule has 0 aliphatic carbocycles. The highest BCUT2D eigenvalue weighted by Crippen LogP contribution is 2.24. The number of aryl methyl sites for hydroxylation is 1. The van der Waals surface area contributed by atoms with E-state index in [-0.39, 0.29) is 12.1 Å². The summed E-state index contributed by atoms with van der Waals surface area (Å²) in [6.45, 7) is 0. The molecule has 1 atom stereocenters. The van der Waals surface area contributed by atoms with Crippen molar-refractivity contribution >= 4 is 22.6 Å². The molecule has 0 saturated carbocycles. The molecule has 3 rings (SSSR count). The second-order valence-electron chi connectivity index (χ2n) is 5.92. The number of nitro groups is 1. The maximum absolute atomic E-state index is 12.4. The summed E-state index contributed by atoms with van der Waals surface area (Å²) in [6.07, 6.45) is 0.725. The Hall–Kier alpha value is -3.48. The largest absolute Gasteiger partial charge is 0.480 e. The van der Waals surface area contributed by atoms with Crippen molar-refractivity contribution in [3.05, 3.63) is 86.7 Å². The maximum Gasteiger partial charge on any atom is 0.326 e. The van der Waals surface area contributed by atoms with E-state index in [0.29, 0.717) is 17.3 Å². The topological polar surface area (TPSA) is 102 Å². The number of benzene rings is 2. The van der Waals surface area contributed by atoms with Crippen molar-refractivity contribution in [3.63, 3.8) is 0 Å². The third-order valence-electron chi connectivity index (χ3n) is 4.27. The Labute approximate surface area is 148 Å². The highest BCUT2D eigenvalue weighted by atomic mass is 16.6. The van der Waals surface area contributed by atoms with Gasteiger partial charge < -0.3 is 5.11 Å². The predicted molar refractivity (Wildman–Crippen MR) is 96.3 cm³/mol. The summed E-state index contributed by atoms with van der Waals surface area (Å²) in [5, 5.41) is 21.1. The van der Waals surface area contributed by atoms with E-state index in [1.165, 1.54) is 34.9 Å². The van der Waals surface area contributed by atoms with E-state index >= 15 is 0 Å². The molecule has 7 heteroatoms. The van der Waals surface area contributed by atoms with Crippen LogP contribution in [0.3, 0.4) is 0 Å². The Morgan fingerprint density at radius 2 is 1.85 bits per heavy atom. The minimum absolute atomic E-state index is 0.112. The molecule has 0 fully saturated rings. The van der Waals surface area contributed by atoms with E-state index in [1.807, 2.05) is 30.3 Å². The molecule has 1 N–H and O–H groups in total. The van der Waals surface area contributed by atoms with Gasteiger partial charge in [0.05, 0.1) is 10.4 Å². The number of nitrogens with zero attached hydrogens (tertiary/aromatic N) is 2. The number of carbonyl (C=O) groups is 1. The van der Waals surface area contributed by atoms with Crippen molar-refractivity contribution in [1.82, 2.24) is 4.57 Å². The SMILES string of the molecule is O=C(O)C(CCc1ccccc1)n1c(=O)ccc2cc([N+](=O)[O-])ccc21. The summed E-state index contributed by atoms with van der Waals surface area (Å²) < 4.78 is 1.20. The Morgan fingerprint density at radius 3 is 2.50 bits per heavy atom. The van der Waals surface area contributed by atoms with Gasteiger partial charge in [-0.15, -0.1) is 0 Å². The van der Waals surface area contributed by atoms with E-state index in [4.69, 9.17) is 0 Å². The zero-order chi connectivity index (χ0) is 18.7. The lowest BCUT2D eigenvalue weighted by Crippen LogP contribution is -2.30. The summed E-state index contributed by atoms with van der Waals surface area (Å²) >= 11 is 0. The number of carboxylic acid groups (broad SMARTS) is 1. The number of pyridine rings is 1. The molecule has 1 aromatic heterocycles. The normalized spacial score (nSPS) is 12.0. The van der Waals surface area contributed by atoms with Gasteiger partial charge >= 0.3 is 5.97 Å². The van der Waals surface area contributed by atoms with Crippen molar-refractivity contribution in [3.8, 4) is 0 Å². The van der Waals surface area contributed by atoms with E-state index in [9.17, 15) is 24.8 Å². The molecule has 0 aliphatic rings. The molecular weight excluding hydrogens is 336 g/mol. The van der Waals surface area contributed by atoms with Gasteiger partial charge in [0.1, 0.15) is 6.04 Å². The third-order valence-corrected chi connectivity index (χ3v) is 4.27. The lowest BCUT2D eigenvalue weighted by atomic mass is 10.0. The van der Waals surface area contributed by atoms with Gasteiger partial charge in [0.25, 0.3) is 11.2 Å². The van der Waals surface area contributed by atoms with Gasteiger partial charge in [-0.05, 0) is 30.5 Å². The lowest BCUT2D eigenvalue weighted by molar-refractivity contribution is -0.384. The number of aliphatic carboxylic acids is 1. The first-order chi connectivity index (χ1) is 12.5. The molecule has 3 aromatic rings. The van der Waals surface area contributed by atoms with Crippen LogP contribution < -0.4 is 5.56 Å². The first-order valence-electron chi connectivity index (χ1n) is 8.04. The minimum atomic E-state index is -1.12. The van der Waals surface area contributed by atoms with E-state index in [2.05, 4.69) is 0 Å². The average Bonchev–Trinajstić information content (AvgIpc) is 2.63. The molecule has 0 spiro atoms. The quantitative estimate of drug-likeness (QED) is 0.542. The molecule has 0 bridgehead atoms. The fourth-order valence-electron chi connectivity index (χ4n) is 3.00. The van der Waals surface area contributed by atoms with Crippen molar-refractivity contribution in [2.75, 3.05) is 0 Å². The number of nitro benzene ring substituents is 1. The van der Waals surface area contributed by atoms with Crippen LogP contribution in [0, 0.1) is 10.1 Å². The molecule has 0 radical (unpaired) electrons. The highest BCUT2D eigenvalue weighted by Gasteiger charge is 2.23. The van der Waals surface area contributed by atoms with Crippen LogP contribution in [0.4, 0.5) is 5.69 Å². The van der Waals surface area contributed by atoms with Crippen LogP contribution in [0.1, 0.15) is 18.0 Å². The second kappa shape index (κ2) is 7.18. The molecule has 132 valence electrons. The first-order valence-corrected chi connectivity index (χ1v) is 8.04. The summed E-state index contributed by atoms with van der Waals surface area (Å²) in [5.74, 6) is -1.12. The van der Waals surface area contributed by atoms with Gasteiger partial charge in [-0.1, -0.05) is 30.3 Å². The molecule has 1 heterocycles. The molecule has 0 saturated heterocycles. The van der Waals surface area contributed by atoms with Gasteiger partial charge in [0.15, 0.2) is 0 Å². The molecule has 26 heavy (non-hydrogen) atoms. The van der Waals surface area contributed by atoms with Crippen LogP contribution in [-0.4, -0.2) is 20.6 Å². The van der Waals surface area contributed by atoms with E-state index in [1.54, 1.807) is 0 Å². The maximum atomic E-state index is 12.4. The van der Waals surface area contributed by atoms with Crippen LogP contribution in [-0.2, 0) is 11.2 Å². The van der Waals surface area contributed by atoms with Gasteiger partial charge in [-0.3, -0.25) is 19.5 Å². The zero-order valence-corrected chi connectivity index (χ0v) is 13.7. The van der Waals surface area contributed by atoms with Gasteiger partial charge in [-0.2, -0.15) is 0 Å². The van der Waals surface area contributed by atoms with Crippen LogP contribution in [0.25, 0.3) is 10.9 Å². The summed E-state index contributed by atoms with van der Waals surface area (Å²) in [7, 11) is 0. The molecule has 0 amide bonds. The minimum Gasteiger partial charge on any atom is -0.480 e. The van der Waals surface area contributed by atoms with Crippen LogP contribution in [0.2, 0.25) is 0 Å². The number of hydrogen-bond acceptors (Lipinski definition) is 4. The van der Waals surface area contributed by atoms with E-state index in [0.717, 1.165) is 5.56 Å². The fraction of sp³-hybridized carbons (Fsp3) is 0.158. The van der Waals surface area contributed by atoms with Crippen LogP contribution in [0.15, 0.2) is 65.5 Å². The summed E-state index contributed by atoms with van der Waals surface area (Å²) in [6, 6.07) is 15.1. The molecule has 7 nitrogen and oxygen atoms in total. The van der Waals surface area contributed by atoms with Crippen molar-refractivity contribution in [2.45, 2.75) is 18.9 Å². The number of non-ortho nitro benzene ring substituents is 1. The second-order valence-corrected chi connectivity index (χ2v) is 5.92. The number of hydrogen-bond donors (Lipinski definition) is 1.